The molecule has 0 fully saturated rings. The number of rotatable bonds is 9. The van der Waals surface area contributed by atoms with Crippen molar-refractivity contribution in [2.45, 2.75) is 12.1 Å². The highest BCUT2D eigenvalue weighted by molar-refractivity contribution is 9.09. The van der Waals surface area contributed by atoms with Gasteiger partial charge in [-0.25, -0.2) is 0 Å². The highest BCUT2D eigenvalue weighted by Crippen LogP contribution is 2.70. The molecule has 0 heterocycles. The minimum absolute atomic E-state index is 0.283. The Hall–Kier alpha value is -1.71. The van der Waals surface area contributed by atoms with Crippen LogP contribution in [-0.4, -0.2) is 18.5 Å². The Balaban J connectivity index is 2.41. The second-order valence-electron chi connectivity index (χ2n) is 6.25. The molecule has 3 aromatic carbocycles. The normalized spacial score (nSPS) is 13.8. The average Bonchev–Trinajstić information content (AvgIpc) is 2.75. The fourth-order valence-electron chi connectivity index (χ4n) is 3.57. The van der Waals surface area contributed by atoms with Gasteiger partial charge < -0.3 is 9.05 Å². The summed E-state index contributed by atoms with van der Waals surface area (Å²) in [6, 6.07) is 29.5. The van der Waals surface area contributed by atoms with Crippen molar-refractivity contribution in [2.75, 3.05) is 18.5 Å². The highest BCUT2D eigenvalue weighted by atomic mass is 79.9. The van der Waals surface area contributed by atoms with Crippen LogP contribution in [0.15, 0.2) is 91.0 Å². The third-order valence-corrected chi connectivity index (χ3v) is 7.66. The fraction of sp³-hybridized carbons (Fsp3) is 0.217. The topological polar surface area (TPSA) is 35.5 Å². The maximum Gasteiger partial charge on any atom is 0.349 e. The van der Waals surface area contributed by atoms with Gasteiger partial charge in [0.25, 0.3) is 0 Å². The van der Waals surface area contributed by atoms with Crippen molar-refractivity contribution in [1.29, 1.82) is 0 Å². The first kappa shape index (κ1) is 21.0. The van der Waals surface area contributed by atoms with Crippen LogP contribution in [0.2, 0.25) is 0 Å². The number of alkyl halides is 1. The number of halogens is 1. The van der Waals surface area contributed by atoms with Crippen molar-refractivity contribution in [1.82, 2.24) is 0 Å². The summed E-state index contributed by atoms with van der Waals surface area (Å²) in [5, 5.41) is -0.506. The Morgan fingerprint density at radius 3 is 1.46 bits per heavy atom. The average molecular weight is 459 g/mol. The van der Waals surface area contributed by atoms with Crippen LogP contribution in [0.1, 0.15) is 23.6 Å². The second-order valence-corrected chi connectivity index (χ2v) is 9.22. The maximum atomic E-state index is 14.5. The third kappa shape index (κ3) is 3.88. The summed E-state index contributed by atoms with van der Waals surface area (Å²) < 4.78 is 26.5. The molecule has 146 valence electrons. The van der Waals surface area contributed by atoms with E-state index in [0.29, 0.717) is 5.33 Å². The van der Waals surface area contributed by atoms with Crippen molar-refractivity contribution < 1.29 is 13.6 Å². The van der Waals surface area contributed by atoms with E-state index >= 15 is 0 Å². The Morgan fingerprint density at radius 2 is 1.14 bits per heavy atom. The van der Waals surface area contributed by atoms with E-state index in [4.69, 9.17) is 9.05 Å². The molecule has 28 heavy (non-hydrogen) atoms. The molecule has 0 aromatic heterocycles. The molecule has 3 rings (SSSR count). The van der Waals surface area contributed by atoms with Crippen LogP contribution in [0, 0.1) is 0 Å². The summed E-state index contributed by atoms with van der Waals surface area (Å²) in [5.74, 6) is 0. The van der Waals surface area contributed by atoms with E-state index in [1.54, 1.807) is 0 Å². The van der Waals surface area contributed by atoms with Gasteiger partial charge in [-0.15, -0.1) is 0 Å². The molecular formula is C23H24BrO3P. The zero-order chi connectivity index (χ0) is 19.9. The lowest BCUT2D eigenvalue weighted by Crippen LogP contribution is -2.32. The van der Waals surface area contributed by atoms with Crippen LogP contribution in [0.3, 0.4) is 0 Å². The minimum atomic E-state index is -3.67. The molecular weight excluding hydrogens is 435 g/mol. The Bertz CT molecular complexity index is 804. The zero-order valence-electron chi connectivity index (χ0n) is 15.8. The van der Waals surface area contributed by atoms with E-state index in [0.717, 1.165) is 16.7 Å². The molecule has 3 nitrogen and oxygen atoms in total. The van der Waals surface area contributed by atoms with Gasteiger partial charge in [-0.2, -0.15) is 0 Å². The predicted molar refractivity (Wildman–Crippen MR) is 118 cm³/mol. The molecule has 0 saturated carbocycles. The maximum absolute atomic E-state index is 14.5. The van der Waals surface area contributed by atoms with Crippen LogP contribution in [-0.2, 0) is 18.8 Å². The molecule has 0 amide bonds. The van der Waals surface area contributed by atoms with Gasteiger partial charge in [0.2, 0.25) is 0 Å². The smallest absolute Gasteiger partial charge is 0.308 e. The van der Waals surface area contributed by atoms with E-state index < -0.39 is 12.8 Å². The molecule has 0 saturated heterocycles. The SMILES string of the molecule is CCO[P@](=O)(OCCBr)C(c1ccccc1)(c1ccccc1)c1ccccc1. The highest BCUT2D eigenvalue weighted by Gasteiger charge is 2.55. The van der Waals surface area contributed by atoms with Crippen LogP contribution in [0.5, 0.6) is 0 Å². The lowest BCUT2D eigenvalue weighted by atomic mass is 9.84. The van der Waals surface area contributed by atoms with Gasteiger partial charge in [-0.05, 0) is 23.6 Å². The van der Waals surface area contributed by atoms with Crippen LogP contribution in [0.4, 0.5) is 0 Å². The van der Waals surface area contributed by atoms with Crippen LogP contribution < -0.4 is 0 Å². The Kier molecular flexibility index (Phi) is 7.25. The monoisotopic (exact) mass is 458 g/mol. The lowest BCUT2D eigenvalue weighted by molar-refractivity contribution is 0.208. The number of hydrogen-bond acceptors (Lipinski definition) is 3. The van der Waals surface area contributed by atoms with Crippen molar-refractivity contribution in [3.05, 3.63) is 108 Å². The summed E-state index contributed by atoms with van der Waals surface area (Å²) in [4.78, 5) is 0. The summed E-state index contributed by atoms with van der Waals surface area (Å²) in [6.45, 7) is 2.41. The quantitative estimate of drug-likeness (QED) is 0.205. The molecule has 0 N–H and O–H groups in total. The molecule has 3 aromatic rings. The van der Waals surface area contributed by atoms with E-state index in [1.165, 1.54) is 0 Å². The third-order valence-electron chi connectivity index (χ3n) is 4.62. The van der Waals surface area contributed by atoms with Crippen molar-refractivity contribution >= 4 is 23.5 Å². The fourth-order valence-corrected chi connectivity index (χ4v) is 6.51. The van der Waals surface area contributed by atoms with E-state index in [2.05, 4.69) is 15.9 Å². The lowest BCUT2D eigenvalue weighted by Gasteiger charge is -2.40. The summed E-state index contributed by atoms with van der Waals surface area (Å²) in [6.07, 6.45) is 0. The first-order valence-corrected chi connectivity index (χ1v) is 12.0. The molecule has 0 aliphatic carbocycles. The van der Waals surface area contributed by atoms with E-state index in [9.17, 15) is 4.57 Å². The standard InChI is InChI=1S/C23H24BrO3P/c1-2-26-28(25,27-19-18-24)23(20-12-6-3-7-13-20,21-14-8-4-9-15-21)22-16-10-5-11-17-22/h3-17H,2,18-19H2,1H3/t28-/m0/s1. The molecule has 0 unspecified atom stereocenters. The number of hydrogen-bond donors (Lipinski definition) is 0. The molecule has 0 radical (unpaired) electrons. The Labute approximate surface area is 175 Å². The molecule has 0 aliphatic heterocycles. The first-order chi connectivity index (χ1) is 13.7. The van der Waals surface area contributed by atoms with Gasteiger partial charge in [0.15, 0.2) is 0 Å². The van der Waals surface area contributed by atoms with Crippen LogP contribution in [0.25, 0.3) is 0 Å². The molecule has 5 heteroatoms. The number of benzene rings is 3. The predicted octanol–water partition coefficient (Wildman–Crippen LogP) is 6.62. The molecule has 0 bridgehead atoms. The van der Waals surface area contributed by atoms with Gasteiger partial charge in [-0.1, -0.05) is 107 Å². The Morgan fingerprint density at radius 1 is 0.750 bits per heavy atom. The van der Waals surface area contributed by atoms with Gasteiger partial charge in [0, 0.05) is 5.33 Å². The second kappa shape index (κ2) is 9.67. The zero-order valence-corrected chi connectivity index (χ0v) is 18.3. The minimum Gasteiger partial charge on any atom is -0.308 e. The van der Waals surface area contributed by atoms with Gasteiger partial charge >= 0.3 is 7.60 Å². The van der Waals surface area contributed by atoms with E-state index in [-0.39, 0.29) is 13.2 Å². The van der Waals surface area contributed by atoms with Crippen LogP contribution >= 0.6 is 23.5 Å². The molecule has 1 atom stereocenters. The summed E-state index contributed by atoms with van der Waals surface area (Å²) in [5.41, 5.74) is 2.62. The van der Waals surface area contributed by atoms with Gasteiger partial charge in [0.05, 0.1) is 13.2 Å². The van der Waals surface area contributed by atoms with E-state index in [1.807, 2.05) is 97.9 Å². The summed E-state index contributed by atoms with van der Waals surface area (Å²) in [7, 11) is -3.67. The van der Waals surface area contributed by atoms with Crippen molar-refractivity contribution in [3.63, 3.8) is 0 Å². The first-order valence-electron chi connectivity index (χ1n) is 9.31. The van der Waals surface area contributed by atoms with Crippen molar-refractivity contribution in [3.8, 4) is 0 Å². The van der Waals surface area contributed by atoms with Crippen molar-refractivity contribution in [2.24, 2.45) is 0 Å². The largest absolute Gasteiger partial charge is 0.349 e. The molecule has 0 spiro atoms. The van der Waals surface area contributed by atoms with Gasteiger partial charge in [0.1, 0.15) is 5.16 Å². The summed E-state index contributed by atoms with van der Waals surface area (Å²) >= 11 is 3.39. The van der Waals surface area contributed by atoms with Gasteiger partial charge in [-0.3, -0.25) is 4.57 Å². The molecule has 0 aliphatic rings.